The Morgan fingerprint density at radius 1 is 1.19 bits per heavy atom. The van der Waals surface area contributed by atoms with Gasteiger partial charge in [0.25, 0.3) is 11.6 Å². The summed E-state index contributed by atoms with van der Waals surface area (Å²) >= 11 is 0. The number of aryl methyl sites for hydroxylation is 1. The van der Waals surface area contributed by atoms with E-state index in [1.54, 1.807) is 6.92 Å². The third kappa shape index (κ3) is 2.92. The lowest BCUT2D eigenvalue weighted by Gasteiger charge is -2.09. The van der Waals surface area contributed by atoms with Crippen LogP contribution in [-0.4, -0.2) is 21.0 Å². The smallest absolute Gasteiger partial charge is 0.274 e. The van der Waals surface area contributed by atoms with Crippen molar-refractivity contribution in [1.82, 2.24) is 0 Å². The molecule has 0 radical (unpaired) electrons. The Morgan fingerprint density at radius 2 is 1.81 bits per heavy atom. The van der Waals surface area contributed by atoms with Crippen molar-refractivity contribution >= 4 is 17.3 Å². The zero-order valence-corrected chi connectivity index (χ0v) is 11.0. The summed E-state index contributed by atoms with van der Waals surface area (Å²) in [6.07, 6.45) is 0. The van der Waals surface area contributed by atoms with Crippen molar-refractivity contribution in [2.45, 2.75) is 6.92 Å². The molecule has 0 aromatic heterocycles. The highest BCUT2D eigenvalue weighted by molar-refractivity contribution is 6.08. The number of nitrogens with zero attached hydrogens (tertiary/aromatic N) is 1. The lowest BCUT2D eigenvalue weighted by Crippen LogP contribution is -2.12. The second-order valence-electron chi connectivity index (χ2n) is 4.38. The van der Waals surface area contributed by atoms with Crippen molar-refractivity contribution in [3.05, 3.63) is 57.6 Å². The highest BCUT2D eigenvalue weighted by Gasteiger charge is 2.18. The van der Waals surface area contributed by atoms with Crippen LogP contribution in [0.15, 0.2) is 36.4 Å². The molecule has 1 amide bonds. The molecule has 2 rings (SSSR count). The molecule has 0 unspecified atom stereocenters. The van der Waals surface area contributed by atoms with Crippen LogP contribution < -0.4 is 5.32 Å². The number of carbonyl (C=O) groups excluding carboxylic acids is 1. The highest BCUT2D eigenvalue weighted by atomic mass is 16.6. The maximum absolute atomic E-state index is 12.0. The van der Waals surface area contributed by atoms with E-state index >= 15 is 0 Å². The summed E-state index contributed by atoms with van der Waals surface area (Å²) < 4.78 is 0. The third-order valence-corrected chi connectivity index (χ3v) is 2.91. The Bertz CT molecular complexity index is 707. The average molecular weight is 288 g/mol. The van der Waals surface area contributed by atoms with E-state index < -0.39 is 10.8 Å². The van der Waals surface area contributed by atoms with Crippen molar-refractivity contribution in [3.8, 4) is 11.5 Å². The zero-order chi connectivity index (χ0) is 15.6. The molecule has 0 saturated heterocycles. The van der Waals surface area contributed by atoms with Crippen molar-refractivity contribution in [3.63, 3.8) is 0 Å². The molecule has 108 valence electrons. The van der Waals surface area contributed by atoms with Crippen LogP contribution in [-0.2, 0) is 0 Å². The fraction of sp³-hybridized carbons (Fsp3) is 0.0714. The molecule has 2 aromatic carbocycles. The van der Waals surface area contributed by atoms with Gasteiger partial charge in [-0.2, -0.15) is 0 Å². The van der Waals surface area contributed by atoms with Gasteiger partial charge < -0.3 is 15.5 Å². The van der Waals surface area contributed by atoms with Crippen molar-refractivity contribution in [2.75, 3.05) is 5.32 Å². The SMILES string of the molecule is Cc1ccc(NC(=O)c2c(O)cccc2O)cc1[N+](=O)[O-]. The fourth-order valence-corrected chi connectivity index (χ4v) is 1.84. The largest absolute Gasteiger partial charge is 0.507 e. The standard InChI is InChI=1S/C14H12N2O5/c1-8-5-6-9(7-10(8)16(20)21)15-14(19)13-11(17)3-2-4-12(13)18/h2-7,17-18H,1H3,(H,15,19). The van der Waals surface area contributed by atoms with Crippen molar-refractivity contribution in [2.24, 2.45) is 0 Å². The first-order valence-corrected chi connectivity index (χ1v) is 5.97. The normalized spacial score (nSPS) is 10.1. The summed E-state index contributed by atoms with van der Waals surface area (Å²) in [7, 11) is 0. The van der Waals surface area contributed by atoms with Gasteiger partial charge in [0, 0.05) is 17.3 Å². The number of aromatic hydroxyl groups is 2. The minimum absolute atomic E-state index is 0.130. The molecule has 2 aromatic rings. The number of benzene rings is 2. The Morgan fingerprint density at radius 3 is 2.38 bits per heavy atom. The zero-order valence-electron chi connectivity index (χ0n) is 11.0. The first kappa shape index (κ1) is 14.3. The number of nitrogens with one attached hydrogen (secondary N) is 1. The minimum Gasteiger partial charge on any atom is -0.507 e. The number of carbonyl (C=O) groups is 1. The monoisotopic (exact) mass is 288 g/mol. The van der Waals surface area contributed by atoms with Gasteiger partial charge in [-0.3, -0.25) is 14.9 Å². The van der Waals surface area contributed by atoms with Gasteiger partial charge in [0.05, 0.1) is 4.92 Å². The summed E-state index contributed by atoms with van der Waals surface area (Å²) in [6, 6.07) is 8.11. The van der Waals surface area contributed by atoms with Crippen LogP contribution in [0.25, 0.3) is 0 Å². The van der Waals surface area contributed by atoms with Gasteiger partial charge >= 0.3 is 0 Å². The molecule has 0 aliphatic rings. The first-order valence-electron chi connectivity index (χ1n) is 5.97. The van der Waals surface area contributed by atoms with E-state index in [2.05, 4.69) is 5.32 Å². The number of nitro groups is 1. The summed E-state index contributed by atoms with van der Waals surface area (Å²) in [5, 5.41) is 32.4. The molecule has 3 N–H and O–H groups in total. The van der Waals surface area contributed by atoms with Crippen LogP contribution in [0.3, 0.4) is 0 Å². The van der Waals surface area contributed by atoms with Gasteiger partial charge in [0.2, 0.25) is 0 Å². The molecule has 7 heteroatoms. The highest BCUT2D eigenvalue weighted by Crippen LogP contribution is 2.28. The number of nitro benzene ring substituents is 1. The molecule has 21 heavy (non-hydrogen) atoms. The Kier molecular flexibility index (Phi) is 3.75. The molecule has 0 spiro atoms. The summed E-state index contributed by atoms with van der Waals surface area (Å²) in [4.78, 5) is 22.3. The van der Waals surface area contributed by atoms with Gasteiger partial charge in [-0.05, 0) is 25.1 Å². The van der Waals surface area contributed by atoms with E-state index in [0.29, 0.717) is 5.56 Å². The van der Waals surface area contributed by atoms with E-state index in [-0.39, 0.29) is 28.4 Å². The molecule has 0 bridgehead atoms. The van der Waals surface area contributed by atoms with Gasteiger partial charge in [0.1, 0.15) is 17.1 Å². The Labute approximate surface area is 119 Å². The Hall–Kier alpha value is -3.09. The quantitative estimate of drug-likeness (QED) is 0.593. The van der Waals surface area contributed by atoms with E-state index in [9.17, 15) is 25.1 Å². The second-order valence-corrected chi connectivity index (χ2v) is 4.38. The number of rotatable bonds is 3. The maximum atomic E-state index is 12.0. The number of hydrogen-bond donors (Lipinski definition) is 3. The van der Waals surface area contributed by atoms with Crippen LogP contribution in [0.2, 0.25) is 0 Å². The van der Waals surface area contributed by atoms with E-state index in [0.717, 1.165) is 0 Å². The molecule has 0 saturated carbocycles. The molecular formula is C14H12N2O5. The number of anilines is 1. The molecule has 0 heterocycles. The van der Waals surface area contributed by atoms with Crippen LogP contribution >= 0.6 is 0 Å². The molecular weight excluding hydrogens is 276 g/mol. The van der Waals surface area contributed by atoms with E-state index in [1.165, 1.54) is 36.4 Å². The van der Waals surface area contributed by atoms with Crippen molar-refractivity contribution < 1.29 is 19.9 Å². The summed E-state index contributed by atoms with van der Waals surface area (Å²) in [5.41, 5.74) is 0.235. The van der Waals surface area contributed by atoms with Crippen LogP contribution in [0.4, 0.5) is 11.4 Å². The second kappa shape index (κ2) is 5.49. The lowest BCUT2D eigenvalue weighted by atomic mass is 10.1. The third-order valence-electron chi connectivity index (χ3n) is 2.91. The van der Waals surface area contributed by atoms with Crippen molar-refractivity contribution in [1.29, 1.82) is 0 Å². The maximum Gasteiger partial charge on any atom is 0.274 e. The molecule has 0 aliphatic heterocycles. The van der Waals surface area contributed by atoms with E-state index in [1.807, 2.05) is 0 Å². The fourth-order valence-electron chi connectivity index (χ4n) is 1.84. The molecule has 0 aliphatic carbocycles. The summed E-state index contributed by atoms with van der Waals surface area (Å²) in [6.45, 7) is 1.58. The number of phenols is 2. The number of amides is 1. The number of hydrogen-bond acceptors (Lipinski definition) is 5. The predicted octanol–water partition coefficient (Wildman–Crippen LogP) is 2.57. The first-order chi connectivity index (χ1) is 9.90. The molecule has 0 atom stereocenters. The van der Waals surface area contributed by atoms with Crippen LogP contribution in [0.1, 0.15) is 15.9 Å². The van der Waals surface area contributed by atoms with Gasteiger partial charge in [0.15, 0.2) is 0 Å². The van der Waals surface area contributed by atoms with Crippen LogP contribution in [0.5, 0.6) is 11.5 Å². The topological polar surface area (TPSA) is 113 Å². The number of phenolic OH excluding ortho intramolecular Hbond substituents is 2. The van der Waals surface area contributed by atoms with Gasteiger partial charge in [-0.15, -0.1) is 0 Å². The predicted molar refractivity (Wildman–Crippen MR) is 75.6 cm³/mol. The summed E-state index contributed by atoms with van der Waals surface area (Å²) in [5.74, 6) is -1.52. The average Bonchev–Trinajstić information content (AvgIpc) is 2.40. The molecule has 7 nitrogen and oxygen atoms in total. The minimum atomic E-state index is -0.760. The molecule has 0 fully saturated rings. The van der Waals surface area contributed by atoms with Gasteiger partial charge in [-0.1, -0.05) is 12.1 Å². The van der Waals surface area contributed by atoms with Gasteiger partial charge in [-0.25, -0.2) is 0 Å². The Balaban J connectivity index is 2.32. The van der Waals surface area contributed by atoms with Crippen LogP contribution in [0, 0.1) is 17.0 Å². The lowest BCUT2D eigenvalue weighted by molar-refractivity contribution is -0.385. The van der Waals surface area contributed by atoms with E-state index in [4.69, 9.17) is 0 Å².